The largest absolute Gasteiger partial charge is 0.311 e. The molecule has 0 saturated heterocycles. The lowest BCUT2D eigenvalue weighted by atomic mass is 10.1. The quantitative estimate of drug-likeness (QED) is 0.623. The zero-order chi connectivity index (χ0) is 21.0. The van der Waals surface area contributed by atoms with Crippen LogP contribution < -0.4 is 15.6 Å². The third kappa shape index (κ3) is 4.71. The summed E-state index contributed by atoms with van der Waals surface area (Å²) in [7, 11) is -1.52. The molecule has 7 nitrogen and oxygen atoms in total. The topological polar surface area (TPSA) is 93.1 Å². The predicted octanol–water partition coefficient (Wildman–Crippen LogP) is 1.57. The molecule has 0 saturated carbocycles. The van der Waals surface area contributed by atoms with Crippen LogP contribution in [0.2, 0.25) is 0 Å². The SMILES string of the molecule is CNC(C)c1nc2cccc(C#CCNS(C)(=O)=O)c2c(=O)n1-c1ccccc1. The number of hydrogen-bond acceptors (Lipinski definition) is 5. The number of sulfonamides is 1. The molecule has 29 heavy (non-hydrogen) atoms. The van der Waals surface area contributed by atoms with Crippen LogP contribution in [0.15, 0.2) is 53.3 Å². The molecular formula is C21H22N4O3S. The molecule has 0 bridgehead atoms. The van der Waals surface area contributed by atoms with Gasteiger partial charge >= 0.3 is 0 Å². The first-order valence-electron chi connectivity index (χ1n) is 9.03. The number of hydrogen-bond donors (Lipinski definition) is 2. The summed E-state index contributed by atoms with van der Waals surface area (Å²) in [4.78, 5) is 18.2. The molecule has 1 aromatic heterocycles. The van der Waals surface area contributed by atoms with Gasteiger partial charge in [0.05, 0.1) is 35.4 Å². The second kappa shape index (κ2) is 8.57. The maximum atomic E-state index is 13.5. The van der Waals surface area contributed by atoms with E-state index in [4.69, 9.17) is 4.98 Å². The van der Waals surface area contributed by atoms with Crippen LogP contribution in [0.1, 0.15) is 24.4 Å². The first kappa shape index (κ1) is 20.7. The van der Waals surface area contributed by atoms with Crippen molar-refractivity contribution in [2.24, 2.45) is 0 Å². The van der Waals surface area contributed by atoms with Gasteiger partial charge in [-0.2, -0.15) is 0 Å². The van der Waals surface area contributed by atoms with Gasteiger partial charge in [0.2, 0.25) is 10.0 Å². The Hall–Kier alpha value is -2.99. The van der Waals surface area contributed by atoms with Crippen molar-refractivity contribution in [1.82, 2.24) is 19.6 Å². The number of aromatic nitrogens is 2. The van der Waals surface area contributed by atoms with Gasteiger partial charge in [-0.05, 0) is 38.2 Å². The Morgan fingerprint density at radius 1 is 1.14 bits per heavy atom. The van der Waals surface area contributed by atoms with E-state index in [0.29, 0.717) is 28.0 Å². The Labute approximate surface area is 169 Å². The Kier molecular flexibility index (Phi) is 6.13. The summed E-state index contributed by atoms with van der Waals surface area (Å²) < 4.78 is 26.3. The van der Waals surface area contributed by atoms with Crippen molar-refractivity contribution in [2.75, 3.05) is 19.8 Å². The van der Waals surface area contributed by atoms with Crippen molar-refractivity contribution in [1.29, 1.82) is 0 Å². The average molecular weight is 410 g/mol. The molecule has 3 aromatic rings. The summed E-state index contributed by atoms with van der Waals surface area (Å²) in [5.74, 6) is 6.25. The van der Waals surface area contributed by atoms with Crippen molar-refractivity contribution in [3.63, 3.8) is 0 Å². The summed E-state index contributed by atoms with van der Waals surface area (Å²) in [5.41, 5.74) is 1.54. The lowest BCUT2D eigenvalue weighted by Crippen LogP contribution is -2.29. The summed E-state index contributed by atoms with van der Waals surface area (Å²) >= 11 is 0. The maximum absolute atomic E-state index is 13.5. The molecule has 0 amide bonds. The van der Waals surface area contributed by atoms with Crippen LogP contribution in [-0.2, 0) is 10.0 Å². The van der Waals surface area contributed by atoms with Gasteiger partial charge < -0.3 is 5.32 Å². The molecule has 2 aromatic carbocycles. The maximum Gasteiger partial charge on any atom is 0.267 e. The van der Waals surface area contributed by atoms with E-state index in [-0.39, 0.29) is 18.1 Å². The smallest absolute Gasteiger partial charge is 0.267 e. The van der Waals surface area contributed by atoms with Crippen LogP contribution in [0.4, 0.5) is 0 Å². The molecule has 1 unspecified atom stereocenters. The third-order valence-corrected chi connectivity index (χ3v) is 5.07. The van der Waals surface area contributed by atoms with E-state index in [1.807, 2.05) is 44.3 Å². The molecule has 0 radical (unpaired) electrons. The molecular weight excluding hydrogens is 388 g/mol. The first-order valence-corrected chi connectivity index (χ1v) is 10.9. The van der Waals surface area contributed by atoms with Crippen LogP contribution in [0.5, 0.6) is 0 Å². The monoisotopic (exact) mass is 410 g/mol. The van der Waals surface area contributed by atoms with Gasteiger partial charge in [-0.15, -0.1) is 0 Å². The number of benzene rings is 2. The normalized spacial score (nSPS) is 12.4. The summed E-state index contributed by atoms with van der Waals surface area (Å²) in [5, 5.41) is 3.54. The van der Waals surface area contributed by atoms with E-state index in [1.54, 1.807) is 22.8 Å². The lowest BCUT2D eigenvalue weighted by Gasteiger charge is -2.18. The fourth-order valence-electron chi connectivity index (χ4n) is 2.90. The number of para-hydroxylation sites is 1. The first-order chi connectivity index (χ1) is 13.8. The Balaban J connectivity index is 2.23. The molecule has 2 N–H and O–H groups in total. The second-order valence-corrected chi connectivity index (χ2v) is 8.38. The molecule has 0 aliphatic rings. The minimum absolute atomic E-state index is 0.0373. The molecule has 0 aliphatic carbocycles. The second-order valence-electron chi connectivity index (χ2n) is 6.55. The standard InChI is InChI=1S/C21H22N4O3S/c1-15(22-2)20-24-18-13-7-9-16(10-8-14-23-29(3,27)28)19(18)21(26)25(20)17-11-5-4-6-12-17/h4-7,9,11-13,15,22-23H,14H2,1-3H3. The zero-order valence-electron chi connectivity index (χ0n) is 16.4. The third-order valence-electron chi connectivity index (χ3n) is 4.40. The summed E-state index contributed by atoms with van der Waals surface area (Å²) in [6, 6.07) is 14.5. The molecule has 0 fully saturated rings. The lowest BCUT2D eigenvalue weighted by molar-refractivity contribution is 0.589. The summed E-state index contributed by atoms with van der Waals surface area (Å²) in [6.45, 7) is 1.90. The fraction of sp³-hybridized carbons (Fsp3) is 0.238. The van der Waals surface area contributed by atoms with E-state index >= 15 is 0 Å². The van der Waals surface area contributed by atoms with E-state index in [2.05, 4.69) is 21.9 Å². The van der Waals surface area contributed by atoms with Gasteiger partial charge in [0.15, 0.2) is 0 Å². The van der Waals surface area contributed by atoms with Crippen LogP contribution in [0.3, 0.4) is 0 Å². The molecule has 3 rings (SSSR count). The van der Waals surface area contributed by atoms with Crippen molar-refractivity contribution >= 4 is 20.9 Å². The summed E-state index contributed by atoms with van der Waals surface area (Å²) in [6.07, 6.45) is 1.07. The van der Waals surface area contributed by atoms with Gasteiger partial charge in [0.25, 0.3) is 5.56 Å². The molecule has 8 heteroatoms. The van der Waals surface area contributed by atoms with Gasteiger partial charge in [-0.1, -0.05) is 36.1 Å². The Bertz CT molecular complexity index is 1260. The number of nitrogens with zero attached hydrogens (tertiary/aromatic N) is 2. The molecule has 150 valence electrons. The van der Waals surface area contributed by atoms with Crippen LogP contribution in [-0.4, -0.2) is 37.8 Å². The van der Waals surface area contributed by atoms with Gasteiger partial charge in [-0.3, -0.25) is 9.36 Å². The van der Waals surface area contributed by atoms with Crippen molar-refractivity contribution < 1.29 is 8.42 Å². The highest BCUT2D eigenvalue weighted by Crippen LogP contribution is 2.19. The highest BCUT2D eigenvalue weighted by Gasteiger charge is 2.18. The van der Waals surface area contributed by atoms with Gasteiger partial charge in [-0.25, -0.2) is 18.1 Å². The van der Waals surface area contributed by atoms with Crippen LogP contribution in [0.25, 0.3) is 16.6 Å². The van der Waals surface area contributed by atoms with Crippen molar-refractivity contribution in [2.45, 2.75) is 13.0 Å². The molecule has 1 atom stereocenters. The van der Waals surface area contributed by atoms with Gasteiger partial charge in [0, 0.05) is 5.56 Å². The fourth-order valence-corrected chi connectivity index (χ4v) is 3.24. The van der Waals surface area contributed by atoms with Crippen molar-refractivity contribution in [3.05, 3.63) is 70.3 Å². The highest BCUT2D eigenvalue weighted by molar-refractivity contribution is 7.88. The molecule has 0 spiro atoms. The highest BCUT2D eigenvalue weighted by atomic mass is 32.2. The molecule has 0 aliphatic heterocycles. The zero-order valence-corrected chi connectivity index (χ0v) is 17.2. The van der Waals surface area contributed by atoms with E-state index in [9.17, 15) is 13.2 Å². The number of rotatable bonds is 5. The predicted molar refractivity (Wildman–Crippen MR) is 115 cm³/mol. The Morgan fingerprint density at radius 2 is 1.86 bits per heavy atom. The number of nitrogens with one attached hydrogen (secondary N) is 2. The molecule has 1 heterocycles. The van der Waals surface area contributed by atoms with Gasteiger partial charge in [0.1, 0.15) is 5.82 Å². The van der Waals surface area contributed by atoms with Crippen LogP contribution >= 0.6 is 0 Å². The minimum Gasteiger partial charge on any atom is -0.311 e. The minimum atomic E-state index is -3.33. The van der Waals surface area contributed by atoms with Crippen molar-refractivity contribution in [3.8, 4) is 17.5 Å². The van der Waals surface area contributed by atoms with E-state index < -0.39 is 10.0 Å². The Morgan fingerprint density at radius 3 is 2.52 bits per heavy atom. The average Bonchev–Trinajstić information content (AvgIpc) is 2.70. The number of fused-ring (bicyclic) bond motifs is 1. The van der Waals surface area contributed by atoms with E-state index in [1.165, 1.54) is 0 Å². The van der Waals surface area contributed by atoms with E-state index in [0.717, 1.165) is 6.26 Å². The van der Waals surface area contributed by atoms with Crippen LogP contribution in [0, 0.1) is 11.8 Å².